The Morgan fingerprint density at radius 3 is 2.94 bits per heavy atom. The van der Waals surface area contributed by atoms with E-state index in [1.165, 1.54) is 36.9 Å². The lowest BCUT2D eigenvalue weighted by Crippen LogP contribution is -2.26. The predicted octanol–water partition coefficient (Wildman–Crippen LogP) is 2.32. The van der Waals surface area contributed by atoms with Gasteiger partial charge in [-0.15, -0.1) is 0 Å². The van der Waals surface area contributed by atoms with Gasteiger partial charge in [-0.3, -0.25) is 4.90 Å². The molecule has 0 saturated heterocycles. The van der Waals surface area contributed by atoms with E-state index in [-0.39, 0.29) is 0 Å². The fraction of sp³-hybridized carbons (Fsp3) is 0.600. The highest BCUT2D eigenvalue weighted by Gasteiger charge is 2.27. The van der Waals surface area contributed by atoms with Gasteiger partial charge in [0, 0.05) is 19.1 Å². The summed E-state index contributed by atoms with van der Waals surface area (Å²) in [7, 11) is 0. The second kappa shape index (κ2) is 4.79. The molecule has 92 valence electrons. The van der Waals surface area contributed by atoms with E-state index in [0.29, 0.717) is 0 Å². The highest BCUT2D eigenvalue weighted by Crippen LogP contribution is 2.28. The fourth-order valence-electron chi connectivity index (χ4n) is 2.81. The standard InChI is InChI=1S/C15H22N2/c1-2-17(15-5-6-15)11-12-3-4-13-7-8-16-10-14(13)9-12/h3-4,9,15-16H,2,5-8,10-11H2,1H3. The Labute approximate surface area is 104 Å². The Bertz CT molecular complexity index is 396. The minimum absolute atomic E-state index is 0.870. The van der Waals surface area contributed by atoms with E-state index < -0.39 is 0 Å². The highest BCUT2D eigenvalue weighted by molar-refractivity contribution is 5.33. The van der Waals surface area contributed by atoms with Crippen LogP contribution < -0.4 is 5.32 Å². The molecule has 1 aromatic rings. The van der Waals surface area contributed by atoms with Crippen molar-refractivity contribution in [3.8, 4) is 0 Å². The molecule has 3 rings (SSSR count). The molecule has 2 aliphatic rings. The molecule has 0 radical (unpaired) electrons. The Morgan fingerprint density at radius 1 is 1.29 bits per heavy atom. The van der Waals surface area contributed by atoms with Crippen LogP contribution in [-0.4, -0.2) is 24.0 Å². The summed E-state index contributed by atoms with van der Waals surface area (Å²) in [5, 5.41) is 3.46. The van der Waals surface area contributed by atoms with E-state index in [4.69, 9.17) is 0 Å². The van der Waals surface area contributed by atoms with Crippen LogP contribution in [0.5, 0.6) is 0 Å². The first-order valence-corrected chi connectivity index (χ1v) is 6.92. The monoisotopic (exact) mass is 230 g/mol. The molecule has 1 aliphatic heterocycles. The maximum Gasteiger partial charge on any atom is 0.0236 e. The highest BCUT2D eigenvalue weighted by atomic mass is 15.2. The van der Waals surface area contributed by atoms with Gasteiger partial charge in [-0.25, -0.2) is 0 Å². The number of hydrogen-bond donors (Lipinski definition) is 1. The molecule has 1 aromatic carbocycles. The fourth-order valence-corrected chi connectivity index (χ4v) is 2.81. The molecule has 17 heavy (non-hydrogen) atoms. The zero-order valence-corrected chi connectivity index (χ0v) is 10.7. The first kappa shape index (κ1) is 11.2. The van der Waals surface area contributed by atoms with Crippen LogP contribution in [0.15, 0.2) is 18.2 Å². The van der Waals surface area contributed by atoms with Crippen LogP contribution in [0, 0.1) is 0 Å². The second-order valence-electron chi connectivity index (χ2n) is 5.32. The molecule has 1 fully saturated rings. The number of rotatable bonds is 4. The molecule has 1 saturated carbocycles. The predicted molar refractivity (Wildman–Crippen MR) is 71.0 cm³/mol. The Morgan fingerprint density at radius 2 is 2.18 bits per heavy atom. The first-order chi connectivity index (χ1) is 8.36. The molecule has 0 atom stereocenters. The lowest BCUT2D eigenvalue weighted by atomic mass is 9.98. The van der Waals surface area contributed by atoms with Crippen LogP contribution in [0.1, 0.15) is 36.5 Å². The summed E-state index contributed by atoms with van der Waals surface area (Å²) in [6, 6.07) is 7.95. The number of nitrogens with one attached hydrogen (secondary N) is 1. The third-order valence-corrected chi connectivity index (χ3v) is 4.01. The van der Waals surface area contributed by atoms with E-state index in [9.17, 15) is 0 Å². The van der Waals surface area contributed by atoms with Crippen molar-refractivity contribution in [2.75, 3.05) is 13.1 Å². The number of benzene rings is 1. The number of fused-ring (bicyclic) bond motifs is 1. The number of nitrogens with zero attached hydrogens (tertiary/aromatic N) is 1. The van der Waals surface area contributed by atoms with E-state index in [1.807, 2.05) is 0 Å². The molecule has 1 aliphatic carbocycles. The van der Waals surface area contributed by atoms with Gasteiger partial charge < -0.3 is 5.32 Å². The van der Waals surface area contributed by atoms with Crippen LogP contribution in [0.25, 0.3) is 0 Å². The molecular formula is C15H22N2. The lowest BCUT2D eigenvalue weighted by Gasteiger charge is -2.22. The van der Waals surface area contributed by atoms with Gasteiger partial charge in [-0.05, 0) is 49.0 Å². The van der Waals surface area contributed by atoms with Crippen molar-refractivity contribution in [3.05, 3.63) is 34.9 Å². The maximum absolute atomic E-state index is 3.46. The van der Waals surface area contributed by atoms with E-state index in [2.05, 4.69) is 35.3 Å². The van der Waals surface area contributed by atoms with Crippen molar-refractivity contribution in [2.24, 2.45) is 0 Å². The van der Waals surface area contributed by atoms with Crippen molar-refractivity contribution >= 4 is 0 Å². The van der Waals surface area contributed by atoms with Crippen molar-refractivity contribution in [3.63, 3.8) is 0 Å². The largest absolute Gasteiger partial charge is 0.312 e. The van der Waals surface area contributed by atoms with Gasteiger partial charge >= 0.3 is 0 Å². The van der Waals surface area contributed by atoms with E-state index in [1.54, 1.807) is 5.56 Å². The number of hydrogen-bond acceptors (Lipinski definition) is 2. The Balaban J connectivity index is 1.74. The van der Waals surface area contributed by atoms with Gasteiger partial charge in [0.15, 0.2) is 0 Å². The van der Waals surface area contributed by atoms with E-state index in [0.717, 1.165) is 25.7 Å². The van der Waals surface area contributed by atoms with E-state index >= 15 is 0 Å². The molecular weight excluding hydrogens is 208 g/mol. The molecule has 1 N–H and O–H groups in total. The second-order valence-corrected chi connectivity index (χ2v) is 5.32. The van der Waals surface area contributed by atoms with Gasteiger partial charge in [0.25, 0.3) is 0 Å². The van der Waals surface area contributed by atoms with Gasteiger partial charge in [0.1, 0.15) is 0 Å². The normalized spacial score (nSPS) is 19.4. The third-order valence-electron chi connectivity index (χ3n) is 4.01. The van der Waals surface area contributed by atoms with Crippen molar-refractivity contribution in [1.82, 2.24) is 10.2 Å². The molecule has 1 heterocycles. The smallest absolute Gasteiger partial charge is 0.0236 e. The van der Waals surface area contributed by atoms with Crippen LogP contribution >= 0.6 is 0 Å². The molecule has 0 bridgehead atoms. The third kappa shape index (κ3) is 2.53. The van der Waals surface area contributed by atoms with Gasteiger partial charge in [0.2, 0.25) is 0 Å². The van der Waals surface area contributed by atoms with Crippen LogP contribution in [0.3, 0.4) is 0 Å². The lowest BCUT2D eigenvalue weighted by molar-refractivity contribution is 0.269. The average Bonchev–Trinajstić information content (AvgIpc) is 3.20. The minimum Gasteiger partial charge on any atom is -0.312 e. The van der Waals surface area contributed by atoms with Crippen LogP contribution in [0.4, 0.5) is 0 Å². The molecule has 0 unspecified atom stereocenters. The summed E-state index contributed by atoms with van der Waals surface area (Å²) < 4.78 is 0. The van der Waals surface area contributed by atoms with Crippen LogP contribution in [-0.2, 0) is 19.5 Å². The Hall–Kier alpha value is -0.860. The van der Waals surface area contributed by atoms with Gasteiger partial charge in [0.05, 0.1) is 0 Å². The molecule has 0 spiro atoms. The molecule has 2 heteroatoms. The van der Waals surface area contributed by atoms with Crippen LogP contribution in [0.2, 0.25) is 0 Å². The summed E-state index contributed by atoms with van der Waals surface area (Å²) in [6.07, 6.45) is 4.00. The SMILES string of the molecule is CCN(Cc1ccc2c(c1)CNCC2)C1CC1. The summed E-state index contributed by atoms with van der Waals surface area (Å²) in [4.78, 5) is 2.61. The summed E-state index contributed by atoms with van der Waals surface area (Å²) in [5.74, 6) is 0. The molecule has 0 amide bonds. The zero-order valence-electron chi connectivity index (χ0n) is 10.7. The van der Waals surface area contributed by atoms with Crippen molar-refractivity contribution in [1.29, 1.82) is 0 Å². The average molecular weight is 230 g/mol. The molecule has 0 aromatic heterocycles. The van der Waals surface area contributed by atoms with Gasteiger partial charge in [-0.1, -0.05) is 25.1 Å². The zero-order chi connectivity index (χ0) is 11.7. The summed E-state index contributed by atoms with van der Waals surface area (Å²) >= 11 is 0. The Kier molecular flexibility index (Phi) is 3.17. The van der Waals surface area contributed by atoms with Gasteiger partial charge in [-0.2, -0.15) is 0 Å². The summed E-state index contributed by atoms with van der Waals surface area (Å²) in [6.45, 7) is 6.78. The molecule has 2 nitrogen and oxygen atoms in total. The topological polar surface area (TPSA) is 15.3 Å². The van der Waals surface area contributed by atoms with Crippen molar-refractivity contribution in [2.45, 2.75) is 45.3 Å². The van der Waals surface area contributed by atoms with Crippen molar-refractivity contribution < 1.29 is 0 Å². The first-order valence-electron chi connectivity index (χ1n) is 6.92. The summed E-state index contributed by atoms with van der Waals surface area (Å²) in [5.41, 5.74) is 4.55. The maximum atomic E-state index is 3.46. The quantitative estimate of drug-likeness (QED) is 0.854. The minimum atomic E-state index is 0.870.